The molecule has 0 atom stereocenters. The lowest BCUT2D eigenvalue weighted by atomic mass is 9.76. The number of aliphatic carboxylic acids is 1. The van der Waals surface area contributed by atoms with Crippen LogP contribution < -0.4 is 0 Å². The molecular formula is C19H26O2. The molecule has 2 nitrogen and oxygen atoms in total. The Hall–Kier alpha value is -1.31. The van der Waals surface area contributed by atoms with Gasteiger partial charge in [0.25, 0.3) is 0 Å². The summed E-state index contributed by atoms with van der Waals surface area (Å²) in [4.78, 5) is 11.7. The summed E-state index contributed by atoms with van der Waals surface area (Å²) in [7, 11) is 0. The molecule has 1 aromatic carbocycles. The number of benzene rings is 1. The monoisotopic (exact) mass is 286 g/mol. The van der Waals surface area contributed by atoms with Crippen LogP contribution in [0.5, 0.6) is 0 Å². The van der Waals surface area contributed by atoms with Crippen LogP contribution in [0.4, 0.5) is 0 Å². The van der Waals surface area contributed by atoms with Crippen molar-refractivity contribution in [2.45, 2.75) is 69.6 Å². The number of carboxylic acid groups (broad SMARTS) is 1. The van der Waals surface area contributed by atoms with Gasteiger partial charge in [-0.25, -0.2) is 0 Å². The Bertz CT molecular complexity index is 489. The van der Waals surface area contributed by atoms with Crippen molar-refractivity contribution in [2.75, 3.05) is 0 Å². The fraction of sp³-hybridized carbons (Fsp3) is 0.632. The maximum atomic E-state index is 11.7. The van der Waals surface area contributed by atoms with Gasteiger partial charge in [-0.1, -0.05) is 56.9 Å². The average molecular weight is 286 g/mol. The van der Waals surface area contributed by atoms with E-state index < -0.39 is 11.4 Å². The van der Waals surface area contributed by atoms with E-state index in [1.807, 2.05) is 0 Å². The zero-order chi connectivity index (χ0) is 14.9. The van der Waals surface area contributed by atoms with Crippen LogP contribution in [0.3, 0.4) is 0 Å². The van der Waals surface area contributed by atoms with Gasteiger partial charge in [0, 0.05) is 0 Å². The Morgan fingerprint density at radius 2 is 1.62 bits per heavy atom. The summed E-state index contributed by atoms with van der Waals surface area (Å²) in [6.45, 7) is 2.34. The molecule has 0 amide bonds. The fourth-order valence-corrected chi connectivity index (χ4v) is 4.27. The number of hydrogen-bond donors (Lipinski definition) is 1. The fourth-order valence-electron chi connectivity index (χ4n) is 4.27. The van der Waals surface area contributed by atoms with E-state index in [1.165, 1.54) is 31.2 Å². The maximum absolute atomic E-state index is 11.7. The number of hydrogen-bond acceptors (Lipinski definition) is 1. The summed E-state index contributed by atoms with van der Waals surface area (Å²) < 4.78 is 0. The summed E-state index contributed by atoms with van der Waals surface area (Å²) >= 11 is 0. The van der Waals surface area contributed by atoms with Crippen molar-refractivity contribution < 1.29 is 9.90 Å². The average Bonchev–Trinajstić information content (AvgIpc) is 2.99. The van der Waals surface area contributed by atoms with Crippen LogP contribution in [0.15, 0.2) is 24.3 Å². The molecule has 0 radical (unpaired) electrons. The van der Waals surface area contributed by atoms with Crippen LogP contribution in [-0.2, 0) is 10.2 Å². The first-order valence-electron chi connectivity index (χ1n) is 8.46. The molecule has 3 rings (SSSR count). The predicted octanol–water partition coefficient (Wildman–Crippen LogP) is 4.88. The summed E-state index contributed by atoms with van der Waals surface area (Å²) in [5.41, 5.74) is 1.81. The lowest BCUT2D eigenvalue weighted by molar-refractivity contribution is -0.143. The SMILES string of the molecule is CC1CCC(c2ccc(C3(C(=O)O)CCCC3)cc2)CC1. The third-order valence-electron chi connectivity index (χ3n) is 5.82. The lowest BCUT2D eigenvalue weighted by Gasteiger charge is -2.28. The molecule has 114 valence electrons. The van der Waals surface area contributed by atoms with Gasteiger partial charge < -0.3 is 5.11 Å². The van der Waals surface area contributed by atoms with Gasteiger partial charge in [-0.2, -0.15) is 0 Å². The van der Waals surface area contributed by atoms with Crippen LogP contribution >= 0.6 is 0 Å². The van der Waals surface area contributed by atoms with E-state index in [2.05, 4.69) is 31.2 Å². The first kappa shape index (κ1) is 14.6. The van der Waals surface area contributed by atoms with Gasteiger partial charge >= 0.3 is 5.97 Å². The molecule has 21 heavy (non-hydrogen) atoms. The first-order valence-corrected chi connectivity index (χ1v) is 8.46. The van der Waals surface area contributed by atoms with E-state index in [0.29, 0.717) is 5.92 Å². The first-order chi connectivity index (χ1) is 10.1. The highest BCUT2D eigenvalue weighted by atomic mass is 16.4. The van der Waals surface area contributed by atoms with Crippen molar-refractivity contribution in [3.05, 3.63) is 35.4 Å². The number of carbonyl (C=O) groups is 1. The Balaban J connectivity index is 1.79. The minimum atomic E-state index is -0.640. The van der Waals surface area contributed by atoms with Gasteiger partial charge in [-0.3, -0.25) is 4.79 Å². The maximum Gasteiger partial charge on any atom is 0.314 e. The van der Waals surface area contributed by atoms with Crippen LogP contribution in [0, 0.1) is 5.92 Å². The van der Waals surface area contributed by atoms with Crippen molar-refractivity contribution in [1.29, 1.82) is 0 Å². The molecule has 1 aromatic rings. The molecule has 0 aromatic heterocycles. The standard InChI is InChI=1S/C19H26O2/c1-14-4-6-15(7-5-14)16-8-10-17(11-9-16)19(18(20)21)12-2-3-13-19/h8-11,14-15H,2-7,12-13H2,1H3,(H,20,21). The Morgan fingerprint density at radius 1 is 1.05 bits per heavy atom. The molecule has 0 aliphatic heterocycles. The second-order valence-corrected chi connectivity index (χ2v) is 7.17. The predicted molar refractivity (Wildman–Crippen MR) is 84.6 cm³/mol. The van der Waals surface area contributed by atoms with Crippen molar-refractivity contribution in [3.8, 4) is 0 Å². The second-order valence-electron chi connectivity index (χ2n) is 7.17. The molecule has 2 aliphatic rings. The largest absolute Gasteiger partial charge is 0.481 e. The van der Waals surface area contributed by atoms with Crippen molar-refractivity contribution in [1.82, 2.24) is 0 Å². The number of carboxylic acids is 1. The summed E-state index contributed by atoms with van der Waals surface area (Å²) in [6.07, 6.45) is 8.88. The molecule has 1 N–H and O–H groups in total. The van der Waals surface area contributed by atoms with Gasteiger partial charge in [0.1, 0.15) is 0 Å². The summed E-state index contributed by atoms with van der Waals surface area (Å²) in [5, 5.41) is 9.66. The normalized spacial score (nSPS) is 28.4. The highest BCUT2D eigenvalue weighted by molar-refractivity contribution is 5.81. The molecule has 0 spiro atoms. The minimum Gasteiger partial charge on any atom is -0.481 e. The quantitative estimate of drug-likeness (QED) is 0.860. The lowest BCUT2D eigenvalue weighted by Crippen LogP contribution is -2.32. The van der Waals surface area contributed by atoms with Crippen molar-refractivity contribution in [2.24, 2.45) is 5.92 Å². The van der Waals surface area contributed by atoms with Gasteiger partial charge in [-0.05, 0) is 48.6 Å². The molecular weight excluding hydrogens is 260 g/mol. The summed E-state index contributed by atoms with van der Waals surface area (Å²) in [6, 6.07) is 8.57. The van der Waals surface area contributed by atoms with E-state index >= 15 is 0 Å². The van der Waals surface area contributed by atoms with Crippen LogP contribution in [0.2, 0.25) is 0 Å². The second kappa shape index (κ2) is 5.82. The molecule has 0 saturated heterocycles. The molecule has 0 unspecified atom stereocenters. The zero-order valence-electron chi connectivity index (χ0n) is 13.0. The van der Waals surface area contributed by atoms with Crippen LogP contribution in [-0.4, -0.2) is 11.1 Å². The smallest absolute Gasteiger partial charge is 0.314 e. The van der Waals surface area contributed by atoms with E-state index in [1.54, 1.807) is 0 Å². The molecule has 2 aliphatic carbocycles. The molecule has 2 fully saturated rings. The van der Waals surface area contributed by atoms with Gasteiger partial charge in [0.2, 0.25) is 0 Å². The Kier molecular flexibility index (Phi) is 4.05. The molecule has 2 heteroatoms. The van der Waals surface area contributed by atoms with E-state index in [4.69, 9.17) is 0 Å². The Labute approximate surface area is 127 Å². The zero-order valence-corrected chi connectivity index (χ0v) is 13.0. The van der Waals surface area contributed by atoms with Crippen LogP contribution in [0.25, 0.3) is 0 Å². The molecule has 0 heterocycles. The molecule has 0 bridgehead atoms. The third-order valence-corrected chi connectivity index (χ3v) is 5.82. The van der Waals surface area contributed by atoms with E-state index in [-0.39, 0.29) is 0 Å². The van der Waals surface area contributed by atoms with Crippen molar-refractivity contribution in [3.63, 3.8) is 0 Å². The third kappa shape index (κ3) is 2.73. The topological polar surface area (TPSA) is 37.3 Å². The molecule has 2 saturated carbocycles. The Morgan fingerprint density at radius 3 is 2.14 bits per heavy atom. The summed E-state index contributed by atoms with van der Waals surface area (Å²) in [5.74, 6) is 0.910. The highest BCUT2D eigenvalue weighted by Gasteiger charge is 2.42. The van der Waals surface area contributed by atoms with Gasteiger partial charge in [-0.15, -0.1) is 0 Å². The van der Waals surface area contributed by atoms with E-state index in [0.717, 1.165) is 37.2 Å². The number of rotatable bonds is 3. The van der Waals surface area contributed by atoms with E-state index in [9.17, 15) is 9.90 Å². The van der Waals surface area contributed by atoms with Gasteiger partial charge in [0.05, 0.1) is 5.41 Å². The highest BCUT2D eigenvalue weighted by Crippen LogP contribution is 2.42. The van der Waals surface area contributed by atoms with Crippen molar-refractivity contribution >= 4 is 5.97 Å². The minimum absolute atomic E-state index is 0.611. The van der Waals surface area contributed by atoms with Gasteiger partial charge in [0.15, 0.2) is 0 Å². The van der Waals surface area contributed by atoms with Crippen LogP contribution in [0.1, 0.15) is 75.3 Å².